The number of pyridine rings is 2. The van der Waals surface area contributed by atoms with E-state index in [1.54, 1.807) is 34.3 Å². The lowest BCUT2D eigenvalue weighted by Crippen LogP contribution is -2.56. The van der Waals surface area contributed by atoms with Crippen molar-refractivity contribution in [3.8, 4) is 11.5 Å². The molecule has 2 aromatic heterocycles. The van der Waals surface area contributed by atoms with Crippen molar-refractivity contribution in [1.29, 1.82) is 0 Å². The molecule has 4 atom stereocenters. The Morgan fingerprint density at radius 2 is 0.830 bits per heavy atom. The van der Waals surface area contributed by atoms with Gasteiger partial charge in [0.05, 0.1) is 47.2 Å². The number of piperazine rings is 2. The van der Waals surface area contributed by atoms with Crippen LogP contribution in [-0.4, -0.2) is 261 Å². The van der Waals surface area contributed by atoms with E-state index in [1.807, 2.05) is 121 Å². The van der Waals surface area contributed by atoms with Gasteiger partial charge in [0, 0.05) is 189 Å². The van der Waals surface area contributed by atoms with Gasteiger partial charge in [0.2, 0.25) is 11.8 Å². The second-order valence-electron chi connectivity index (χ2n) is 50.3. The third-order valence-corrected chi connectivity index (χ3v) is 31.3. The Labute approximate surface area is 890 Å². The molecule has 4 amide bonds. The predicted octanol–water partition coefficient (Wildman–Crippen LogP) is 24.1. The van der Waals surface area contributed by atoms with Crippen molar-refractivity contribution in [2.45, 2.75) is 344 Å². The van der Waals surface area contributed by atoms with Crippen molar-refractivity contribution in [2.75, 3.05) is 173 Å². The van der Waals surface area contributed by atoms with Gasteiger partial charge < -0.3 is 49.2 Å². The molecule has 5 aromatic carbocycles. The van der Waals surface area contributed by atoms with Crippen molar-refractivity contribution < 1.29 is 46.7 Å². The molecule has 6 aliphatic heterocycles. The first-order chi connectivity index (χ1) is 68.7. The van der Waals surface area contributed by atoms with E-state index in [0.717, 1.165) is 148 Å². The molecule has 4 saturated carbocycles. The monoisotopic (exact) mass is 2050 g/mol. The summed E-state index contributed by atoms with van der Waals surface area (Å²) >= 11 is 0. The number of rotatable bonds is 13. The van der Waals surface area contributed by atoms with Crippen LogP contribution in [0.5, 0.6) is 11.5 Å². The summed E-state index contributed by atoms with van der Waals surface area (Å²) < 4.78 is 46.0. The molecule has 147 heavy (non-hydrogen) atoms. The lowest BCUT2D eigenvalue weighted by atomic mass is 9.79. The molecule has 10 aliphatic rings. The molecular weight excluding hydrogens is 1850 g/mol. The molecular formula is C124H195FN12O9S. The van der Waals surface area contributed by atoms with E-state index in [-0.39, 0.29) is 67.6 Å². The van der Waals surface area contributed by atoms with Gasteiger partial charge in [-0.25, -0.2) is 14.4 Å². The number of carbonyl (C=O) groups excluding carboxylic acids is 4. The van der Waals surface area contributed by atoms with Gasteiger partial charge >= 0.3 is 0 Å². The second kappa shape index (κ2) is 55.0. The Balaban J connectivity index is 0.000000203. The summed E-state index contributed by atoms with van der Waals surface area (Å²) in [6.45, 7) is 82.7. The first-order valence-electron chi connectivity index (χ1n) is 55.0. The molecule has 818 valence electrons. The van der Waals surface area contributed by atoms with Crippen molar-refractivity contribution in [3.05, 3.63) is 202 Å². The standard InChI is InChI=1S/C19H28N2O.C16H22FNO.C16H24N2O2.C14H22N2.C13H20N2O.C12H24N2.C12H18O2.C12H18OS.C8H13NO.C2H6/c1-19(2,3)16-9-7-15(8-10-16)18(22)21-13-11-20(12-14-21)17-5-4-6-17;1-15(2,3)12-7-5-11(6-8-12)14(19)18-13-9-16(4,17)10-13;1-16(2,3)13-4-6-14(7-5-13)17-15(19)12-18-8-10-20-11-9-18;1-14(2,3)12-7-8-13(15-11-12)16-9-5-4-6-10-16;1-13(2,3)11-4-5-12(14-10-11)15-6-8-16-9-7-15;1-12(2,3)14-9-7-13(8-10-14)11-5-4-6-11;1-12(2,3)9-6-7-10(13-4)11(8-9)14-5;1-12(2,3)10-6-8-11(9-7-10)14(4,5)13;1-5-7-3-9(6(2)10)4-8(5)7;1-2/h7-10,17H,4-6,11-14H2,1-3H3;5-8,13H,9-10H2,1-4H3,(H,18,19);4-7H,8-12H2,1-3H3,(H,17,19);7-8,11H,4-6,9-10H2,1-3H3;4-5,10H,6-9H2,1-3H3;11H,4-10H2,1-3H3;6-8H,1-5H3;6-9H,4H2,1-3,5H3;5,7-8H,3-4H2,1-2H3;1-2H3/t;;;;;;;;5?,7-,8+;. The maximum absolute atomic E-state index is 13.3. The van der Waals surface area contributed by atoms with Gasteiger partial charge in [0.25, 0.3) is 11.8 Å². The molecule has 8 heterocycles. The summed E-state index contributed by atoms with van der Waals surface area (Å²) in [6.07, 6.45) is 19.0. The van der Waals surface area contributed by atoms with Crippen molar-refractivity contribution in [3.63, 3.8) is 0 Å². The smallest absolute Gasteiger partial charge is 0.253 e. The Bertz CT molecular complexity index is 5140. The van der Waals surface area contributed by atoms with Gasteiger partial charge in [-0.2, -0.15) is 0 Å². The summed E-state index contributed by atoms with van der Waals surface area (Å²) in [4.78, 5) is 76.0. The van der Waals surface area contributed by atoms with Gasteiger partial charge in [-0.1, -0.05) is 246 Å². The van der Waals surface area contributed by atoms with E-state index < -0.39 is 15.2 Å². The molecule has 0 bridgehead atoms. The average molecular weight is 2050 g/mol. The molecule has 2 N–H and O–H groups in total. The second-order valence-corrected chi connectivity index (χ2v) is 52.8. The fourth-order valence-electron chi connectivity index (χ4n) is 19.1. The van der Waals surface area contributed by atoms with Crippen LogP contribution in [0.3, 0.4) is 0 Å². The summed E-state index contributed by atoms with van der Waals surface area (Å²) in [7, 11) is 1.24. The van der Waals surface area contributed by atoms with Gasteiger partial charge in [0.15, 0.2) is 11.5 Å². The van der Waals surface area contributed by atoms with Crippen LogP contribution in [0, 0.1) is 17.8 Å². The van der Waals surface area contributed by atoms with Crippen molar-refractivity contribution >= 4 is 56.3 Å². The fraction of sp³-hybridized carbons (Fsp3) is 0.637. The van der Waals surface area contributed by atoms with E-state index >= 15 is 0 Å². The van der Waals surface area contributed by atoms with E-state index in [9.17, 15) is 27.8 Å². The minimum absolute atomic E-state index is 0.0233. The number of carbonyl (C=O) groups is 4. The van der Waals surface area contributed by atoms with E-state index in [0.29, 0.717) is 43.7 Å². The number of hydrogen-bond donors (Lipinski definition) is 2. The summed E-state index contributed by atoms with van der Waals surface area (Å²) in [5.74, 6) is 10.4. The Morgan fingerprint density at radius 1 is 0.456 bits per heavy atom. The number of halogens is 1. The number of methoxy groups -OCH3 is 2. The molecule has 6 saturated heterocycles. The predicted molar refractivity (Wildman–Crippen MR) is 615 cm³/mol. The van der Waals surface area contributed by atoms with Crippen molar-refractivity contribution in [2.24, 2.45) is 17.8 Å². The number of piperidine rings is 2. The molecule has 4 aliphatic carbocycles. The van der Waals surface area contributed by atoms with Gasteiger partial charge in [-0.15, -0.1) is 0 Å². The van der Waals surface area contributed by atoms with Crippen LogP contribution in [0.4, 0.5) is 21.7 Å². The molecule has 2 unspecified atom stereocenters. The number of alkyl halides is 1. The Kier molecular flexibility index (Phi) is 46.1. The highest BCUT2D eigenvalue weighted by molar-refractivity contribution is 7.99. The molecule has 0 radical (unpaired) electrons. The third kappa shape index (κ3) is 40.1. The van der Waals surface area contributed by atoms with Crippen LogP contribution in [-0.2, 0) is 66.5 Å². The number of likely N-dealkylation sites (tertiary alicyclic amines) is 1. The summed E-state index contributed by atoms with van der Waals surface area (Å²) in [6, 6.07) is 48.2. The topological polar surface area (TPSA) is 198 Å². The van der Waals surface area contributed by atoms with Crippen LogP contribution in [0.2, 0.25) is 0 Å². The number of aromatic nitrogens is 2. The van der Waals surface area contributed by atoms with Crippen LogP contribution in [0.25, 0.3) is 0 Å². The number of benzene rings is 5. The molecule has 7 aromatic rings. The zero-order valence-electron chi connectivity index (χ0n) is 97.2. The summed E-state index contributed by atoms with van der Waals surface area (Å²) in [5, 5.41) is 5.81. The van der Waals surface area contributed by atoms with E-state index in [1.165, 1.54) is 136 Å². The maximum atomic E-state index is 13.3. The first kappa shape index (κ1) is 123. The molecule has 21 nitrogen and oxygen atoms in total. The van der Waals surface area contributed by atoms with Gasteiger partial charge in [-0.05, 0) is 255 Å². The minimum atomic E-state index is -2.07. The van der Waals surface area contributed by atoms with Gasteiger partial charge in [0.1, 0.15) is 17.3 Å². The summed E-state index contributed by atoms with van der Waals surface area (Å²) in [5.41, 5.74) is 11.4. The largest absolute Gasteiger partial charge is 0.493 e. The lowest BCUT2D eigenvalue weighted by molar-refractivity contribution is -0.128. The number of nitrogens with one attached hydrogen (secondary N) is 2. The van der Waals surface area contributed by atoms with Crippen LogP contribution in [0.15, 0.2) is 157 Å². The normalized spacial score (nSPS) is 20.9. The number of nitrogens with zero attached hydrogens (tertiary/aromatic N) is 10. The highest BCUT2D eigenvalue weighted by Gasteiger charge is 2.53. The van der Waals surface area contributed by atoms with Crippen molar-refractivity contribution in [1.82, 2.24) is 44.7 Å². The maximum Gasteiger partial charge on any atom is 0.253 e. The Hall–Kier alpha value is -8.81. The molecule has 23 heteroatoms. The highest BCUT2D eigenvalue weighted by Crippen LogP contribution is 2.51. The Morgan fingerprint density at radius 3 is 1.19 bits per heavy atom. The number of fused-ring (bicyclic) bond motifs is 1. The zero-order valence-corrected chi connectivity index (χ0v) is 98.0. The molecule has 17 rings (SSSR count). The third-order valence-electron chi connectivity index (χ3n) is 30.0. The minimum Gasteiger partial charge on any atom is -0.493 e. The SMILES string of the molecule is C=S(C)(=O)c1ccc(C(C)(C)C)cc1.CC.CC(=O)N1C[C@@H]2C(C)[C@@H]2C1.CC(C)(C)N1CCN(C2CCC2)CC1.CC(C)(C)c1ccc(C(=O)N2CCN(C3CCC3)CC2)cc1.CC(C)(C)c1ccc(N2CCCCC2)nc1.CC(C)(C)c1ccc(N2CCOCC2)nc1.CC(C)(C)c1ccc(NC(=O)CN2CCOCC2)cc1.CC1(F)CC(NC(=O)c2ccc(C(C)(C)C)cc2)C1.COc1ccc(C(C)(C)C)cc1OC. The molecule has 10 fully saturated rings. The number of hydrogen-bond acceptors (Lipinski definition) is 17. The van der Waals surface area contributed by atoms with Crippen LogP contribution >= 0.6 is 0 Å². The lowest BCUT2D eigenvalue weighted by Gasteiger charge is -2.46. The number of anilines is 3. The fourth-order valence-corrected chi connectivity index (χ4v) is 19.8. The van der Waals surface area contributed by atoms with Crippen LogP contribution in [0.1, 0.15) is 331 Å². The number of ether oxygens (including phenoxy) is 4. The number of amides is 4. The highest BCUT2D eigenvalue weighted by atomic mass is 32.2. The average Bonchev–Trinajstić information content (AvgIpc) is 1.59. The first-order valence-corrected chi connectivity index (χ1v) is 57.2. The van der Waals surface area contributed by atoms with E-state index in [2.05, 4.69) is 284 Å². The van der Waals surface area contributed by atoms with E-state index in [4.69, 9.17) is 18.9 Å². The zero-order chi connectivity index (χ0) is 109. The molecule has 0 spiro atoms. The van der Waals surface area contributed by atoms with Gasteiger partial charge in [-0.3, -0.25) is 43.0 Å². The quantitative estimate of drug-likeness (QED) is 0.103. The van der Waals surface area contributed by atoms with Crippen LogP contribution < -0.4 is 29.9 Å². The number of morpholine rings is 2.